The number of carbonyl (C=O) groups excluding carboxylic acids is 1. The number of nitrogens with one attached hydrogen (secondary N) is 2. The normalized spacial score (nSPS) is 17.5. The standard InChI is InChI=1S/C11H20N2OS/c1-11(2,3)9(14)13-10(15)12-8-6-4-5-7-8/h8H,4-7H2,1-3H3,(H2,12,13,14,15). The number of rotatable bonds is 1. The van der Waals surface area contributed by atoms with Crippen LogP contribution in [0.4, 0.5) is 0 Å². The van der Waals surface area contributed by atoms with Crippen molar-refractivity contribution in [2.24, 2.45) is 5.41 Å². The van der Waals surface area contributed by atoms with E-state index in [2.05, 4.69) is 10.6 Å². The third-order valence-corrected chi connectivity index (χ3v) is 2.82. The van der Waals surface area contributed by atoms with E-state index in [1.54, 1.807) is 0 Å². The highest BCUT2D eigenvalue weighted by Gasteiger charge is 2.23. The van der Waals surface area contributed by atoms with Crippen LogP contribution in [0.15, 0.2) is 0 Å². The molecule has 1 rings (SSSR count). The Labute approximate surface area is 97.0 Å². The maximum atomic E-state index is 11.6. The molecule has 1 amide bonds. The van der Waals surface area contributed by atoms with Crippen molar-refractivity contribution in [2.75, 3.05) is 0 Å². The van der Waals surface area contributed by atoms with Gasteiger partial charge in [0.15, 0.2) is 5.11 Å². The molecule has 86 valence electrons. The predicted molar refractivity (Wildman–Crippen MR) is 65.6 cm³/mol. The van der Waals surface area contributed by atoms with Crippen LogP contribution >= 0.6 is 12.2 Å². The topological polar surface area (TPSA) is 41.1 Å². The quantitative estimate of drug-likeness (QED) is 0.674. The molecule has 0 unspecified atom stereocenters. The fourth-order valence-corrected chi connectivity index (χ4v) is 1.84. The van der Waals surface area contributed by atoms with Gasteiger partial charge in [-0.05, 0) is 25.1 Å². The largest absolute Gasteiger partial charge is 0.360 e. The summed E-state index contributed by atoms with van der Waals surface area (Å²) in [5.74, 6) is -0.0296. The van der Waals surface area contributed by atoms with Gasteiger partial charge in [-0.25, -0.2) is 0 Å². The Bertz CT molecular complexity index is 252. The number of carbonyl (C=O) groups is 1. The summed E-state index contributed by atoms with van der Waals surface area (Å²) in [5.41, 5.74) is -0.387. The van der Waals surface area contributed by atoms with Gasteiger partial charge in [0.1, 0.15) is 0 Å². The van der Waals surface area contributed by atoms with Crippen LogP contribution in [0.5, 0.6) is 0 Å². The molecule has 0 spiro atoms. The zero-order valence-corrected chi connectivity index (χ0v) is 10.5. The molecule has 0 aromatic carbocycles. The summed E-state index contributed by atoms with van der Waals surface area (Å²) in [5, 5.41) is 6.38. The second kappa shape index (κ2) is 4.92. The SMILES string of the molecule is CC(C)(C)C(=O)NC(=S)NC1CCCC1. The third-order valence-electron chi connectivity index (χ3n) is 2.60. The highest BCUT2D eigenvalue weighted by Crippen LogP contribution is 2.17. The van der Waals surface area contributed by atoms with Gasteiger partial charge in [0.2, 0.25) is 5.91 Å². The van der Waals surface area contributed by atoms with Gasteiger partial charge in [0.05, 0.1) is 0 Å². The Morgan fingerprint density at radius 2 is 1.80 bits per heavy atom. The summed E-state index contributed by atoms with van der Waals surface area (Å²) >= 11 is 5.09. The Hall–Kier alpha value is -0.640. The fourth-order valence-electron chi connectivity index (χ4n) is 1.58. The molecule has 2 N–H and O–H groups in total. The third kappa shape index (κ3) is 4.16. The van der Waals surface area contributed by atoms with E-state index in [0.29, 0.717) is 11.2 Å². The number of thiocarbonyl (C=S) groups is 1. The highest BCUT2D eigenvalue weighted by molar-refractivity contribution is 7.80. The van der Waals surface area contributed by atoms with Crippen LogP contribution in [-0.2, 0) is 4.79 Å². The van der Waals surface area contributed by atoms with Crippen LogP contribution < -0.4 is 10.6 Å². The van der Waals surface area contributed by atoms with Crippen molar-refractivity contribution in [3.8, 4) is 0 Å². The Morgan fingerprint density at radius 3 is 2.27 bits per heavy atom. The summed E-state index contributed by atoms with van der Waals surface area (Å²) in [6, 6.07) is 0.456. The molecule has 1 aliphatic carbocycles. The van der Waals surface area contributed by atoms with Crippen molar-refractivity contribution in [3.63, 3.8) is 0 Å². The molecule has 0 bridgehead atoms. The monoisotopic (exact) mass is 228 g/mol. The summed E-state index contributed by atoms with van der Waals surface area (Å²) in [4.78, 5) is 11.6. The first-order valence-electron chi connectivity index (χ1n) is 5.51. The fraction of sp³-hybridized carbons (Fsp3) is 0.818. The molecule has 0 aromatic heterocycles. The molecule has 0 saturated heterocycles. The average molecular weight is 228 g/mol. The van der Waals surface area contributed by atoms with Gasteiger partial charge in [-0.2, -0.15) is 0 Å². The van der Waals surface area contributed by atoms with E-state index < -0.39 is 0 Å². The average Bonchev–Trinajstić information content (AvgIpc) is 2.54. The van der Waals surface area contributed by atoms with E-state index in [-0.39, 0.29) is 11.3 Å². The Balaban J connectivity index is 2.32. The molecular formula is C11H20N2OS. The number of hydrogen-bond donors (Lipinski definition) is 2. The lowest BCUT2D eigenvalue weighted by Gasteiger charge is -2.20. The summed E-state index contributed by atoms with van der Waals surface area (Å²) < 4.78 is 0. The second-order valence-corrected chi connectivity index (χ2v) is 5.57. The molecule has 1 aliphatic rings. The van der Waals surface area contributed by atoms with E-state index in [1.165, 1.54) is 12.8 Å². The summed E-state index contributed by atoms with van der Waals surface area (Å²) in [6.07, 6.45) is 4.83. The molecule has 0 atom stereocenters. The predicted octanol–water partition coefficient (Wildman–Crippen LogP) is 1.97. The number of hydrogen-bond acceptors (Lipinski definition) is 2. The summed E-state index contributed by atoms with van der Waals surface area (Å²) in [6.45, 7) is 5.63. The first-order valence-corrected chi connectivity index (χ1v) is 5.92. The van der Waals surface area contributed by atoms with Crippen LogP contribution in [0.2, 0.25) is 0 Å². The zero-order valence-electron chi connectivity index (χ0n) is 9.72. The molecule has 15 heavy (non-hydrogen) atoms. The van der Waals surface area contributed by atoms with Gasteiger partial charge in [-0.15, -0.1) is 0 Å². The van der Waals surface area contributed by atoms with Crippen LogP contribution in [0.1, 0.15) is 46.5 Å². The number of amides is 1. The lowest BCUT2D eigenvalue weighted by Crippen LogP contribution is -2.47. The smallest absolute Gasteiger partial charge is 0.231 e. The minimum atomic E-state index is -0.387. The van der Waals surface area contributed by atoms with Crippen LogP contribution in [0.25, 0.3) is 0 Å². The first kappa shape index (κ1) is 12.4. The van der Waals surface area contributed by atoms with Crippen LogP contribution in [0, 0.1) is 5.41 Å². The van der Waals surface area contributed by atoms with Crippen molar-refractivity contribution >= 4 is 23.2 Å². The lowest BCUT2D eigenvalue weighted by atomic mass is 9.96. The highest BCUT2D eigenvalue weighted by atomic mass is 32.1. The van der Waals surface area contributed by atoms with Gasteiger partial charge < -0.3 is 10.6 Å². The van der Waals surface area contributed by atoms with Crippen molar-refractivity contribution < 1.29 is 4.79 Å². The maximum Gasteiger partial charge on any atom is 0.231 e. The molecule has 0 aromatic rings. The molecule has 4 heteroatoms. The molecular weight excluding hydrogens is 208 g/mol. The van der Waals surface area contributed by atoms with E-state index in [0.717, 1.165) is 12.8 Å². The van der Waals surface area contributed by atoms with Gasteiger partial charge in [-0.3, -0.25) is 4.79 Å². The van der Waals surface area contributed by atoms with Crippen LogP contribution in [0.3, 0.4) is 0 Å². The van der Waals surface area contributed by atoms with E-state index >= 15 is 0 Å². The van der Waals surface area contributed by atoms with Crippen molar-refractivity contribution in [1.29, 1.82) is 0 Å². The molecule has 0 aliphatic heterocycles. The van der Waals surface area contributed by atoms with Gasteiger partial charge in [-0.1, -0.05) is 33.6 Å². The van der Waals surface area contributed by atoms with Crippen LogP contribution in [-0.4, -0.2) is 17.1 Å². The van der Waals surface area contributed by atoms with E-state index in [4.69, 9.17) is 12.2 Å². The maximum absolute atomic E-state index is 11.6. The molecule has 0 heterocycles. The van der Waals surface area contributed by atoms with Crippen molar-refractivity contribution in [2.45, 2.75) is 52.5 Å². The lowest BCUT2D eigenvalue weighted by molar-refractivity contribution is -0.126. The minimum absolute atomic E-state index is 0.0296. The molecule has 1 saturated carbocycles. The van der Waals surface area contributed by atoms with Crippen molar-refractivity contribution in [1.82, 2.24) is 10.6 Å². The molecule has 1 fully saturated rings. The van der Waals surface area contributed by atoms with Gasteiger partial charge in [0.25, 0.3) is 0 Å². The second-order valence-electron chi connectivity index (χ2n) is 5.16. The minimum Gasteiger partial charge on any atom is -0.360 e. The van der Waals surface area contributed by atoms with Gasteiger partial charge in [0, 0.05) is 11.5 Å². The molecule has 0 radical (unpaired) electrons. The summed E-state index contributed by atoms with van der Waals surface area (Å²) in [7, 11) is 0. The Morgan fingerprint density at radius 1 is 1.27 bits per heavy atom. The zero-order chi connectivity index (χ0) is 11.5. The van der Waals surface area contributed by atoms with E-state index in [1.807, 2.05) is 20.8 Å². The Kier molecular flexibility index (Phi) is 4.08. The molecule has 3 nitrogen and oxygen atoms in total. The van der Waals surface area contributed by atoms with Crippen molar-refractivity contribution in [3.05, 3.63) is 0 Å². The van der Waals surface area contributed by atoms with Gasteiger partial charge >= 0.3 is 0 Å². The first-order chi connectivity index (χ1) is 6.89. The van der Waals surface area contributed by atoms with E-state index in [9.17, 15) is 4.79 Å².